The minimum atomic E-state index is -1.16. The maximum Gasteiger partial charge on any atom is 0.328 e. The van der Waals surface area contributed by atoms with Crippen molar-refractivity contribution in [1.29, 1.82) is 0 Å². The number of carbonyl (C=O) groups is 1. The molecule has 0 fully saturated rings. The van der Waals surface area contributed by atoms with Gasteiger partial charge < -0.3 is 15.2 Å². The average molecular weight is 265 g/mol. The van der Waals surface area contributed by atoms with Crippen LogP contribution in [0.2, 0.25) is 0 Å². The van der Waals surface area contributed by atoms with E-state index in [0.29, 0.717) is 6.42 Å². The fourth-order valence-corrected chi connectivity index (χ4v) is 1.69. The van der Waals surface area contributed by atoms with Gasteiger partial charge >= 0.3 is 5.97 Å². The summed E-state index contributed by atoms with van der Waals surface area (Å²) in [6, 6.07) is 9.62. The Morgan fingerprint density at radius 3 is 2.26 bits per heavy atom. The van der Waals surface area contributed by atoms with Crippen LogP contribution in [0.25, 0.3) is 0 Å². The lowest BCUT2D eigenvalue weighted by Gasteiger charge is -2.30. The van der Waals surface area contributed by atoms with Crippen molar-refractivity contribution in [2.45, 2.75) is 38.3 Å². The normalized spacial score (nSPS) is 14.8. The van der Waals surface area contributed by atoms with Gasteiger partial charge in [-0.05, 0) is 26.3 Å². The van der Waals surface area contributed by atoms with Crippen molar-refractivity contribution < 1.29 is 14.3 Å². The monoisotopic (exact) mass is 265 g/mol. The van der Waals surface area contributed by atoms with Gasteiger partial charge in [0.2, 0.25) is 0 Å². The molecule has 0 aliphatic carbocycles. The molecule has 0 saturated carbocycles. The standard InChI is InChI=1S/C15H23NO3/c1-14(2,3)19-11-15(16,13(17)18-4)10-12-8-6-5-7-9-12/h5-9H,10-11,16H2,1-4H3/t15-/m1/s1. The zero-order chi connectivity index (χ0) is 14.5. The highest BCUT2D eigenvalue weighted by Crippen LogP contribution is 2.17. The lowest BCUT2D eigenvalue weighted by Crippen LogP contribution is -2.55. The average Bonchev–Trinajstić information content (AvgIpc) is 2.36. The molecule has 0 heterocycles. The third-order valence-corrected chi connectivity index (χ3v) is 2.72. The summed E-state index contributed by atoms with van der Waals surface area (Å²) in [5.41, 5.74) is 5.66. The summed E-state index contributed by atoms with van der Waals surface area (Å²) in [6.07, 6.45) is 0.386. The van der Waals surface area contributed by atoms with Crippen molar-refractivity contribution >= 4 is 5.97 Å². The van der Waals surface area contributed by atoms with Gasteiger partial charge in [-0.25, -0.2) is 4.79 Å². The smallest absolute Gasteiger partial charge is 0.328 e. The van der Waals surface area contributed by atoms with E-state index in [0.717, 1.165) is 5.56 Å². The zero-order valence-corrected chi connectivity index (χ0v) is 12.1. The molecule has 0 saturated heterocycles. The van der Waals surface area contributed by atoms with Crippen molar-refractivity contribution in [2.24, 2.45) is 5.73 Å². The number of methoxy groups -OCH3 is 1. The Bertz CT molecular complexity index is 411. The van der Waals surface area contributed by atoms with Crippen molar-refractivity contribution in [3.63, 3.8) is 0 Å². The fraction of sp³-hybridized carbons (Fsp3) is 0.533. The molecule has 0 spiro atoms. The predicted octanol–water partition coefficient (Wildman–Crippen LogP) is 1.91. The maximum atomic E-state index is 11.9. The second kappa shape index (κ2) is 6.17. The van der Waals surface area contributed by atoms with E-state index in [1.807, 2.05) is 51.1 Å². The van der Waals surface area contributed by atoms with Crippen molar-refractivity contribution in [3.05, 3.63) is 35.9 Å². The molecule has 1 atom stereocenters. The first-order valence-corrected chi connectivity index (χ1v) is 6.32. The molecular weight excluding hydrogens is 242 g/mol. The highest BCUT2D eigenvalue weighted by atomic mass is 16.5. The van der Waals surface area contributed by atoms with E-state index >= 15 is 0 Å². The van der Waals surface area contributed by atoms with Crippen LogP contribution in [0.3, 0.4) is 0 Å². The van der Waals surface area contributed by atoms with Gasteiger partial charge in [-0.1, -0.05) is 30.3 Å². The molecule has 2 N–H and O–H groups in total. The lowest BCUT2D eigenvalue weighted by molar-refractivity contribution is -0.152. The highest BCUT2D eigenvalue weighted by molar-refractivity contribution is 5.81. The van der Waals surface area contributed by atoms with E-state index in [9.17, 15) is 4.79 Å². The molecule has 4 heteroatoms. The Morgan fingerprint density at radius 1 is 1.21 bits per heavy atom. The summed E-state index contributed by atoms with van der Waals surface area (Å²) in [7, 11) is 1.34. The number of ether oxygens (including phenoxy) is 2. The SMILES string of the molecule is COC(=O)[C@](N)(COC(C)(C)C)Cc1ccccc1. The molecule has 4 nitrogen and oxygen atoms in total. The van der Waals surface area contributed by atoms with Crippen LogP contribution in [0.1, 0.15) is 26.3 Å². The Balaban J connectivity index is 2.84. The van der Waals surface area contributed by atoms with Crippen molar-refractivity contribution in [1.82, 2.24) is 0 Å². The van der Waals surface area contributed by atoms with Gasteiger partial charge in [0.05, 0.1) is 19.3 Å². The van der Waals surface area contributed by atoms with E-state index < -0.39 is 11.5 Å². The second-order valence-corrected chi connectivity index (χ2v) is 5.71. The molecule has 0 aliphatic heterocycles. The largest absolute Gasteiger partial charge is 0.468 e. The summed E-state index contributed by atoms with van der Waals surface area (Å²) in [6.45, 7) is 5.89. The second-order valence-electron chi connectivity index (χ2n) is 5.71. The summed E-state index contributed by atoms with van der Waals surface area (Å²) < 4.78 is 10.5. The molecule has 19 heavy (non-hydrogen) atoms. The molecule has 0 radical (unpaired) electrons. The first-order valence-electron chi connectivity index (χ1n) is 6.32. The quantitative estimate of drug-likeness (QED) is 0.826. The van der Waals surface area contributed by atoms with Gasteiger partial charge in [0.1, 0.15) is 5.54 Å². The Labute approximate surface area is 114 Å². The molecule has 0 bridgehead atoms. The molecule has 1 rings (SSSR count). The number of esters is 1. The third-order valence-electron chi connectivity index (χ3n) is 2.72. The van der Waals surface area contributed by atoms with Crippen LogP contribution in [-0.4, -0.2) is 30.8 Å². The van der Waals surface area contributed by atoms with Crippen molar-refractivity contribution in [2.75, 3.05) is 13.7 Å². The first kappa shape index (κ1) is 15.7. The van der Waals surface area contributed by atoms with Crippen LogP contribution < -0.4 is 5.73 Å². The molecule has 0 unspecified atom stereocenters. The van der Waals surface area contributed by atoms with Gasteiger partial charge in [-0.15, -0.1) is 0 Å². The van der Waals surface area contributed by atoms with Crippen LogP contribution in [0.5, 0.6) is 0 Å². The van der Waals surface area contributed by atoms with E-state index in [1.165, 1.54) is 7.11 Å². The summed E-state index contributed by atoms with van der Waals surface area (Å²) >= 11 is 0. The Kier molecular flexibility index (Phi) is 5.09. The zero-order valence-electron chi connectivity index (χ0n) is 12.1. The number of hydrogen-bond acceptors (Lipinski definition) is 4. The molecule has 0 aromatic heterocycles. The van der Waals surface area contributed by atoms with Gasteiger partial charge in [0.15, 0.2) is 0 Å². The maximum absolute atomic E-state index is 11.9. The molecule has 1 aromatic carbocycles. The van der Waals surface area contributed by atoms with E-state index in [1.54, 1.807) is 0 Å². The molecule has 106 valence electrons. The minimum absolute atomic E-state index is 0.123. The van der Waals surface area contributed by atoms with Crippen LogP contribution in [0, 0.1) is 0 Å². The molecular formula is C15H23NO3. The van der Waals surface area contributed by atoms with Crippen molar-refractivity contribution in [3.8, 4) is 0 Å². The summed E-state index contributed by atoms with van der Waals surface area (Å²) in [5, 5.41) is 0. The molecule has 1 aromatic rings. The van der Waals surface area contributed by atoms with Gasteiger partial charge in [-0.3, -0.25) is 0 Å². The van der Waals surface area contributed by atoms with E-state index in [2.05, 4.69) is 0 Å². The van der Waals surface area contributed by atoms with Crippen LogP contribution >= 0.6 is 0 Å². The predicted molar refractivity (Wildman–Crippen MR) is 74.8 cm³/mol. The van der Waals surface area contributed by atoms with E-state index in [4.69, 9.17) is 15.2 Å². The molecule has 0 amide bonds. The number of carbonyl (C=O) groups excluding carboxylic acids is 1. The number of hydrogen-bond donors (Lipinski definition) is 1. The van der Waals surface area contributed by atoms with E-state index in [-0.39, 0.29) is 12.2 Å². The fourth-order valence-electron chi connectivity index (χ4n) is 1.69. The third kappa shape index (κ3) is 5.01. The number of nitrogens with two attached hydrogens (primary N) is 1. The van der Waals surface area contributed by atoms with Gasteiger partial charge in [0, 0.05) is 6.42 Å². The molecule has 0 aliphatic rings. The first-order chi connectivity index (χ1) is 8.77. The van der Waals surface area contributed by atoms with Gasteiger partial charge in [0.25, 0.3) is 0 Å². The highest BCUT2D eigenvalue weighted by Gasteiger charge is 2.37. The lowest BCUT2D eigenvalue weighted by atomic mass is 9.92. The van der Waals surface area contributed by atoms with Crippen LogP contribution in [0.4, 0.5) is 0 Å². The number of benzene rings is 1. The summed E-state index contributed by atoms with van der Waals surface area (Å²) in [5.74, 6) is -0.458. The van der Waals surface area contributed by atoms with Gasteiger partial charge in [-0.2, -0.15) is 0 Å². The summed E-state index contributed by atoms with van der Waals surface area (Å²) in [4.78, 5) is 11.9. The van der Waals surface area contributed by atoms with Crippen LogP contribution in [-0.2, 0) is 20.7 Å². The Hall–Kier alpha value is -1.39. The van der Waals surface area contributed by atoms with Crippen LogP contribution in [0.15, 0.2) is 30.3 Å². The Morgan fingerprint density at radius 2 is 1.79 bits per heavy atom. The minimum Gasteiger partial charge on any atom is -0.468 e. The number of rotatable bonds is 5. The topological polar surface area (TPSA) is 61.5 Å².